The Hall–Kier alpha value is -2.78. The highest BCUT2D eigenvalue weighted by molar-refractivity contribution is 6.31. The van der Waals surface area contributed by atoms with Gasteiger partial charge in [0.15, 0.2) is 0 Å². The van der Waals surface area contributed by atoms with Gasteiger partial charge in [0.05, 0.1) is 24.3 Å². The summed E-state index contributed by atoms with van der Waals surface area (Å²) in [6.45, 7) is 1.93. The third-order valence-corrected chi connectivity index (χ3v) is 3.96. The van der Waals surface area contributed by atoms with Crippen LogP contribution in [0.4, 0.5) is 5.82 Å². The molecule has 116 valence electrons. The molecule has 23 heavy (non-hydrogen) atoms. The zero-order valence-electron chi connectivity index (χ0n) is 12.3. The number of rotatable bonds is 3. The van der Waals surface area contributed by atoms with Crippen LogP contribution in [0.1, 0.15) is 24.0 Å². The second kappa shape index (κ2) is 6.15. The molecule has 1 aliphatic rings. The maximum atomic E-state index is 12.4. The molecule has 0 fully saturated rings. The van der Waals surface area contributed by atoms with E-state index in [-0.39, 0.29) is 17.9 Å². The summed E-state index contributed by atoms with van der Waals surface area (Å²) in [5.74, 6) is -0.500. The minimum Gasteiger partial charge on any atom is -0.463 e. The van der Waals surface area contributed by atoms with E-state index in [9.17, 15) is 10.1 Å². The number of allylic oxidation sites excluding steroid dienone is 1. The standard InChI is InChI=1S/C16H13ClN4O2/c1-2-23-16(22)14-12(7-18)20-15-10(8-19-21-15)13(14)9-5-3-4-6-11(9)17/h3-6,8,13H,2H2,1H3,(H2,19,20,21). The van der Waals surface area contributed by atoms with Gasteiger partial charge in [-0.05, 0) is 18.6 Å². The van der Waals surface area contributed by atoms with Gasteiger partial charge in [0, 0.05) is 10.6 Å². The summed E-state index contributed by atoms with van der Waals surface area (Å²) in [6.07, 6.45) is 1.61. The Morgan fingerprint density at radius 2 is 2.22 bits per heavy atom. The number of aromatic amines is 1. The number of anilines is 1. The SMILES string of the molecule is CCOC(=O)C1=C(C#N)Nc2[nH]ncc2C1c1ccccc1Cl. The molecule has 1 aromatic carbocycles. The number of carbonyl (C=O) groups excluding carboxylic acids is 1. The van der Waals surface area contributed by atoms with Gasteiger partial charge in [-0.1, -0.05) is 29.8 Å². The lowest BCUT2D eigenvalue weighted by molar-refractivity contribution is -0.138. The molecule has 1 aliphatic heterocycles. The highest BCUT2D eigenvalue weighted by Gasteiger charge is 2.36. The number of hydrogen-bond donors (Lipinski definition) is 2. The number of nitrogens with zero attached hydrogens (tertiary/aromatic N) is 2. The molecule has 0 spiro atoms. The summed E-state index contributed by atoms with van der Waals surface area (Å²) in [7, 11) is 0. The molecule has 1 aromatic heterocycles. The summed E-state index contributed by atoms with van der Waals surface area (Å²) in [6, 6.07) is 9.23. The first-order chi connectivity index (χ1) is 11.2. The molecule has 0 saturated heterocycles. The van der Waals surface area contributed by atoms with E-state index in [2.05, 4.69) is 15.5 Å². The topological polar surface area (TPSA) is 90.8 Å². The molecule has 2 heterocycles. The van der Waals surface area contributed by atoms with Crippen LogP contribution in [0.3, 0.4) is 0 Å². The molecule has 0 amide bonds. The van der Waals surface area contributed by atoms with Crippen molar-refractivity contribution in [2.75, 3.05) is 11.9 Å². The minimum absolute atomic E-state index is 0.130. The average molecular weight is 329 g/mol. The fourth-order valence-corrected chi connectivity index (χ4v) is 2.90. The molecule has 2 N–H and O–H groups in total. The number of fused-ring (bicyclic) bond motifs is 1. The predicted molar refractivity (Wildman–Crippen MR) is 84.8 cm³/mol. The lowest BCUT2D eigenvalue weighted by Gasteiger charge is -2.26. The predicted octanol–water partition coefficient (Wildman–Crippen LogP) is 2.96. The van der Waals surface area contributed by atoms with E-state index in [0.29, 0.717) is 16.4 Å². The Morgan fingerprint density at radius 1 is 1.43 bits per heavy atom. The number of aromatic nitrogens is 2. The number of nitrogens with one attached hydrogen (secondary N) is 2. The number of esters is 1. The largest absolute Gasteiger partial charge is 0.463 e. The van der Waals surface area contributed by atoms with Crippen molar-refractivity contribution < 1.29 is 9.53 Å². The number of ether oxygens (including phenoxy) is 1. The molecular weight excluding hydrogens is 316 g/mol. The van der Waals surface area contributed by atoms with Gasteiger partial charge >= 0.3 is 5.97 Å². The van der Waals surface area contributed by atoms with Crippen molar-refractivity contribution in [3.05, 3.63) is 57.9 Å². The number of carbonyl (C=O) groups is 1. The molecule has 0 radical (unpaired) electrons. The fraction of sp³-hybridized carbons (Fsp3) is 0.188. The molecule has 1 unspecified atom stereocenters. The maximum Gasteiger partial charge on any atom is 0.337 e. The van der Waals surface area contributed by atoms with Crippen LogP contribution in [0.15, 0.2) is 41.7 Å². The summed E-state index contributed by atoms with van der Waals surface area (Å²) in [4.78, 5) is 12.4. The molecule has 2 aromatic rings. The van der Waals surface area contributed by atoms with Crippen molar-refractivity contribution in [3.63, 3.8) is 0 Å². The summed E-state index contributed by atoms with van der Waals surface area (Å²) in [5, 5.41) is 19.6. The first-order valence-electron chi connectivity index (χ1n) is 7.03. The van der Waals surface area contributed by atoms with E-state index in [4.69, 9.17) is 16.3 Å². The van der Waals surface area contributed by atoms with Crippen LogP contribution in [-0.2, 0) is 9.53 Å². The van der Waals surface area contributed by atoms with E-state index in [1.54, 1.807) is 19.2 Å². The van der Waals surface area contributed by atoms with Crippen molar-refractivity contribution >= 4 is 23.4 Å². The fourth-order valence-electron chi connectivity index (χ4n) is 2.66. The second-order valence-corrected chi connectivity index (χ2v) is 5.31. The lowest BCUT2D eigenvalue weighted by Crippen LogP contribution is -2.24. The van der Waals surface area contributed by atoms with Crippen LogP contribution in [0.5, 0.6) is 0 Å². The van der Waals surface area contributed by atoms with Gasteiger partial charge in [0.1, 0.15) is 17.6 Å². The van der Waals surface area contributed by atoms with Crippen LogP contribution in [0.2, 0.25) is 5.02 Å². The lowest BCUT2D eigenvalue weighted by atomic mass is 9.83. The highest BCUT2D eigenvalue weighted by atomic mass is 35.5. The first-order valence-corrected chi connectivity index (χ1v) is 7.41. The van der Waals surface area contributed by atoms with Crippen molar-refractivity contribution in [3.8, 4) is 6.07 Å². The molecule has 1 atom stereocenters. The van der Waals surface area contributed by atoms with Crippen LogP contribution < -0.4 is 5.32 Å². The Balaban J connectivity index is 2.23. The van der Waals surface area contributed by atoms with E-state index in [1.165, 1.54) is 0 Å². The van der Waals surface area contributed by atoms with Gasteiger partial charge in [-0.15, -0.1) is 0 Å². The summed E-state index contributed by atoms with van der Waals surface area (Å²) in [5.41, 5.74) is 1.82. The smallest absolute Gasteiger partial charge is 0.337 e. The van der Waals surface area contributed by atoms with E-state index in [1.807, 2.05) is 24.3 Å². The minimum atomic E-state index is -0.548. The van der Waals surface area contributed by atoms with Crippen molar-refractivity contribution in [2.45, 2.75) is 12.8 Å². The molecule has 0 aliphatic carbocycles. The van der Waals surface area contributed by atoms with Crippen LogP contribution in [-0.4, -0.2) is 22.8 Å². The third kappa shape index (κ3) is 2.56. The average Bonchev–Trinajstić information content (AvgIpc) is 3.02. The quantitative estimate of drug-likeness (QED) is 0.845. The summed E-state index contributed by atoms with van der Waals surface area (Å²) >= 11 is 6.32. The van der Waals surface area contributed by atoms with Crippen LogP contribution in [0, 0.1) is 11.3 Å². The third-order valence-electron chi connectivity index (χ3n) is 3.61. The Kier molecular flexibility index (Phi) is 4.04. The van der Waals surface area contributed by atoms with Crippen molar-refractivity contribution in [2.24, 2.45) is 0 Å². The van der Waals surface area contributed by atoms with Gasteiger partial charge in [-0.3, -0.25) is 5.10 Å². The monoisotopic (exact) mass is 328 g/mol. The van der Waals surface area contributed by atoms with Gasteiger partial charge in [0.2, 0.25) is 0 Å². The molecule has 7 heteroatoms. The molecule has 3 rings (SSSR count). The molecular formula is C16H13ClN4O2. The number of nitriles is 1. The Labute approximate surface area is 137 Å². The summed E-state index contributed by atoms with van der Waals surface area (Å²) < 4.78 is 5.14. The van der Waals surface area contributed by atoms with E-state index < -0.39 is 11.9 Å². The Morgan fingerprint density at radius 3 is 2.91 bits per heavy atom. The first kappa shape index (κ1) is 15.1. The van der Waals surface area contributed by atoms with Gasteiger partial charge < -0.3 is 10.1 Å². The van der Waals surface area contributed by atoms with Gasteiger partial charge in [-0.25, -0.2) is 4.79 Å². The van der Waals surface area contributed by atoms with Gasteiger partial charge in [-0.2, -0.15) is 10.4 Å². The zero-order chi connectivity index (χ0) is 16.4. The van der Waals surface area contributed by atoms with Crippen LogP contribution >= 0.6 is 11.6 Å². The molecule has 0 bridgehead atoms. The second-order valence-electron chi connectivity index (χ2n) is 4.90. The van der Waals surface area contributed by atoms with E-state index in [0.717, 1.165) is 5.56 Å². The number of hydrogen-bond acceptors (Lipinski definition) is 5. The maximum absolute atomic E-state index is 12.4. The van der Waals surface area contributed by atoms with Crippen LogP contribution in [0.25, 0.3) is 0 Å². The zero-order valence-corrected chi connectivity index (χ0v) is 13.0. The van der Waals surface area contributed by atoms with E-state index >= 15 is 0 Å². The highest BCUT2D eigenvalue weighted by Crippen LogP contribution is 2.43. The van der Waals surface area contributed by atoms with Gasteiger partial charge in [0.25, 0.3) is 0 Å². The Bertz CT molecular complexity index is 835. The molecule has 0 saturated carbocycles. The van der Waals surface area contributed by atoms with Crippen molar-refractivity contribution in [1.82, 2.24) is 10.2 Å². The molecule has 6 nitrogen and oxygen atoms in total. The normalized spacial score (nSPS) is 16.3. The van der Waals surface area contributed by atoms with Crippen molar-refractivity contribution in [1.29, 1.82) is 5.26 Å². The number of halogens is 1. The number of H-pyrrole nitrogens is 1. The number of benzene rings is 1.